The third-order valence-corrected chi connectivity index (χ3v) is 10.2. The Morgan fingerprint density at radius 3 is 1.69 bits per heavy atom. The molecule has 0 spiro atoms. The van der Waals surface area contributed by atoms with Gasteiger partial charge in [0.15, 0.2) is 17.5 Å². The Hall–Kier alpha value is -7.11. The van der Waals surface area contributed by atoms with Crippen molar-refractivity contribution < 1.29 is 4.42 Å². The molecule has 0 atom stereocenters. The van der Waals surface area contributed by atoms with Crippen molar-refractivity contribution in [1.29, 1.82) is 0 Å². The number of benzene rings is 8. The lowest BCUT2D eigenvalue weighted by Crippen LogP contribution is -2.01. The fraction of sp³-hybridized carbons (Fsp3) is 0. The third-order valence-electron chi connectivity index (χ3n) is 10.2. The molecular formula is C47H28N4O. The van der Waals surface area contributed by atoms with Gasteiger partial charge in [0.2, 0.25) is 0 Å². The van der Waals surface area contributed by atoms with E-state index in [0.717, 1.165) is 66.1 Å². The summed E-state index contributed by atoms with van der Waals surface area (Å²) < 4.78 is 9.31. The van der Waals surface area contributed by atoms with Crippen LogP contribution >= 0.6 is 0 Å². The Bertz CT molecular complexity index is 3120. The van der Waals surface area contributed by atoms with Crippen LogP contribution in [-0.2, 0) is 0 Å². The van der Waals surface area contributed by atoms with E-state index in [1.54, 1.807) is 0 Å². The molecule has 5 nitrogen and oxygen atoms in total. The van der Waals surface area contributed by atoms with Gasteiger partial charge < -0.3 is 8.98 Å². The average molecular weight is 665 g/mol. The number of aromatic nitrogens is 4. The van der Waals surface area contributed by atoms with E-state index >= 15 is 0 Å². The molecule has 0 aliphatic rings. The van der Waals surface area contributed by atoms with Crippen molar-refractivity contribution in [2.24, 2.45) is 0 Å². The zero-order chi connectivity index (χ0) is 34.2. The highest BCUT2D eigenvalue weighted by atomic mass is 16.3. The molecule has 0 aliphatic carbocycles. The van der Waals surface area contributed by atoms with Crippen molar-refractivity contribution in [1.82, 2.24) is 19.5 Å². The Morgan fingerprint density at radius 2 is 0.962 bits per heavy atom. The van der Waals surface area contributed by atoms with E-state index in [4.69, 9.17) is 19.4 Å². The molecule has 0 unspecified atom stereocenters. The second-order valence-electron chi connectivity index (χ2n) is 13.2. The fourth-order valence-corrected chi connectivity index (χ4v) is 7.75. The smallest absolute Gasteiger partial charge is 0.167 e. The quantitative estimate of drug-likeness (QED) is 0.188. The monoisotopic (exact) mass is 664 g/mol. The molecular weight excluding hydrogens is 637 g/mol. The van der Waals surface area contributed by atoms with Crippen LogP contribution in [0, 0.1) is 0 Å². The van der Waals surface area contributed by atoms with Crippen molar-refractivity contribution in [2.75, 3.05) is 0 Å². The molecule has 0 bridgehead atoms. The third kappa shape index (κ3) is 4.39. The summed E-state index contributed by atoms with van der Waals surface area (Å²) in [6.45, 7) is 0. The number of para-hydroxylation sites is 1. The van der Waals surface area contributed by atoms with Crippen molar-refractivity contribution in [3.63, 3.8) is 0 Å². The summed E-state index contributed by atoms with van der Waals surface area (Å²) >= 11 is 0. The predicted octanol–water partition coefficient (Wildman–Crippen LogP) is 12.2. The molecule has 11 rings (SSSR count). The van der Waals surface area contributed by atoms with Gasteiger partial charge in [-0.25, -0.2) is 15.0 Å². The maximum atomic E-state index is 6.94. The van der Waals surface area contributed by atoms with Gasteiger partial charge in [-0.2, -0.15) is 0 Å². The lowest BCUT2D eigenvalue weighted by Gasteiger charge is -2.13. The van der Waals surface area contributed by atoms with Gasteiger partial charge in [0.05, 0.1) is 16.6 Å². The first-order valence-electron chi connectivity index (χ1n) is 17.4. The standard InChI is InChI=1S/C47H28N4O/c1-3-14-30(15-4-1)45-48-46(31-16-5-2-6-17-31)50-47(49-45)40-28-34(27-39-37-24-23-29-13-9-10-20-35(29)43(37)52-44(39)40)51-41-22-12-11-21-36(41)38-25-32-18-7-8-19-33(32)26-42(38)51/h1-28H. The zero-order valence-corrected chi connectivity index (χ0v) is 27.9. The lowest BCUT2D eigenvalue weighted by atomic mass is 10.0. The van der Waals surface area contributed by atoms with E-state index in [2.05, 4.69) is 114 Å². The van der Waals surface area contributed by atoms with Crippen LogP contribution in [0.2, 0.25) is 0 Å². The van der Waals surface area contributed by atoms with Crippen LogP contribution in [0.5, 0.6) is 0 Å². The molecule has 8 aromatic carbocycles. The first-order chi connectivity index (χ1) is 25.8. The van der Waals surface area contributed by atoms with E-state index in [0.29, 0.717) is 17.5 Å². The summed E-state index contributed by atoms with van der Waals surface area (Å²) in [7, 11) is 0. The highest BCUT2D eigenvalue weighted by Gasteiger charge is 2.22. The molecule has 0 amide bonds. The highest BCUT2D eigenvalue weighted by molar-refractivity contribution is 6.18. The highest BCUT2D eigenvalue weighted by Crippen LogP contribution is 2.42. The molecule has 11 aromatic rings. The summed E-state index contributed by atoms with van der Waals surface area (Å²) in [5, 5.41) is 9.06. The summed E-state index contributed by atoms with van der Waals surface area (Å²) in [6.07, 6.45) is 0. The lowest BCUT2D eigenvalue weighted by molar-refractivity contribution is 0.673. The molecule has 242 valence electrons. The number of hydrogen-bond acceptors (Lipinski definition) is 4. The molecule has 5 heteroatoms. The SMILES string of the molecule is c1ccc(-c2nc(-c3ccccc3)nc(-c3cc(-n4c5ccccc5c5cc6ccccc6cc54)cc4c3oc3c5ccccc5ccc43)n2)cc1. The number of rotatable bonds is 4. The van der Waals surface area contributed by atoms with Crippen LogP contribution < -0.4 is 0 Å². The molecule has 52 heavy (non-hydrogen) atoms. The van der Waals surface area contributed by atoms with Crippen molar-refractivity contribution in [3.05, 3.63) is 170 Å². The molecule has 0 saturated carbocycles. The summed E-state index contributed by atoms with van der Waals surface area (Å²) in [5.74, 6) is 1.76. The van der Waals surface area contributed by atoms with Crippen molar-refractivity contribution in [3.8, 4) is 39.9 Å². The Balaban J connectivity index is 1.28. The second-order valence-corrected chi connectivity index (χ2v) is 13.2. The van der Waals surface area contributed by atoms with Crippen molar-refractivity contribution >= 4 is 65.3 Å². The molecule has 0 saturated heterocycles. The number of fused-ring (bicyclic) bond motifs is 9. The van der Waals surface area contributed by atoms with Crippen molar-refractivity contribution in [2.45, 2.75) is 0 Å². The van der Waals surface area contributed by atoms with Crippen LogP contribution in [0.4, 0.5) is 0 Å². The summed E-state index contributed by atoms with van der Waals surface area (Å²) in [4.78, 5) is 15.3. The van der Waals surface area contributed by atoms with Gasteiger partial charge in [-0.3, -0.25) is 0 Å². The van der Waals surface area contributed by atoms with Crippen LogP contribution in [0.25, 0.3) is 105 Å². The minimum absolute atomic E-state index is 0.550. The van der Waals surface area contributed by atoms with E-state index in [9.17, 15) is 0 Å². The summed E-state index contributed by atoms with van der Waals surface area (Å²) in [5.41, 5.74) is 7.49. The largest absolute Gasteiger partial charge is 0.455 e. The molecule has 3 heterocycles. The molecule has 0 fully saturated rings. The summed E-state index contributed by atoms with van der Waals surface area (Å²) in [6, 6.07) is 59.2. The predicted molar refractivity (Wildman–Crippen MR) is 213 cm³/mol. The zero-order valence-electron chi connectivity index (χ0n) is 27.9. The van der Waals surface area contributed by atoms with Gasteiger partial charge in [-0.1, -0.05) is 133 Å². The molecule has 0 radical (unpaired) electrons. The van der Waals surface area contributed by atoms with Crippen LogP contribution in [0.15, 0.2) is 174 Å². The minimum atomic E-state index is 0.550. The Morgan fingerprint density at radius 1 is 0.365 bits per heavy atom. The Labute approximate surface area is 298 Å². The topological polar surface area (TPSA) is 56.7 Å². The second kappa shape index (κ2) is 11.2. The Kier molecular flexibility index (Phi) is 6.18. The minimum Gasteiger partial charge on any atom is -0.455 e. The van der Waals surface area contributed by atoms with Crippen LogP contribution in [-0.4, -0.2) is 19.5 Å². The van der Waals surface area contributed by atoms with Gasteiger partial charge >= 0.3 is 0 Å². The van der Waals surface area contributed by atoms with Crippen LogP contribution in [0.1, 0.15) is 0 Å². The van der Waals surface area contributed by atoms with E-state index in [1.165, 1.54) is 21.5 Å². The number of nitrogens with zero attached hydrogens (tertiary/aromatic N) is 4. The van der Waals surface area contributed by atoms with Gasteiger partial charge in [0.25, 0.3) is 0 Å². The normalized spacial score (nSPS) is 11.8. The van der Waals surface area contributed by atoms with E-state index in [1.807, 2.05) is 60.7 Å². The fourth-order valence-electron chi connectivity index (χ4n) is 7.75. The molecule has 3 aromatic heterocycles. The molecule has 0 aliphatic heterocycles. The number of furan rings is 1. The number of hydrogen-bond donors (Lipinski definition) is 0. The first kappa shape index (κ1) is 28.7. The van der Waals surface area contributed by atoms with Gasteiger partial charge in [-0.15, -0.1) is 0 Å². The van der Waals surface area contributed by atoms with Crippen LogP contribution in [0.3, 0.4) is 0 Å². The first-order valence-corrected chi connectivity index (χ1v) is 17.4. The van der Waals surface area contributed by atoms with Gasteiger partial charge in [-0.05, 0) is 52.6 Å². The van der Waals surface area contributed by atoms with Gasteiger partial charge in [0, 0.05) is 43.7 Å². The maximum absolute atomic E-state index is 6.94. The molecule has 0 N–H and O–H groups in total. The van der Waals surface area contributed by atoms with E-state index < -0.39 is 0 Å². The average Bonchev–Trinajstić information content (AvgIpc) is 3.75. The van der Waals surface area contributed by atoms with Gasteiger partial charge in [0.1, 0.15) is 11.2 Å². The maximum Gasteiger partial charge on any atom is 0.167 e. The van der Waals surface area contributed by atoms with E-state index in [-0.39, 0.29) is 0 Å².